The van der Waals surface area contributed by atoms with Crippen LogP contribution in [0, 0.1) is 5.92 Å². The Hall–Kier alpha value is -1.94. The maximum atomic E-state index is 13.0. The highest BCUT2D eigenvalue weighted by Gasteiger charge is 2.30. The van der Waals surface area contributed by atoms with E-state index in [0.717, 1.165) is 102 Å². The van der Waals surface area contributed by atoms with Crippen molar-refractivity contribution >= 4 is 39.5 Å². The van der Waals surface area contributed by atoms with Crippen LogP contribution in [0.5, 0.6) is 0 Å². The van der Waals surface area contributed by atoms with E-state index in [0.29, 0.717) is 25.7 Å². The molecule has 0 saturated carbocycles. The van der Waals surface area contributed by atoms with Crippen LogP contribution in [0.3, 0.4) is 0 Å². The largest absolute Gasteiger partial charge is 0.472 e. The number of carbonyl (C=O) groups excluding carboxylic acids is 4. The van der Waals surface area contributed by atoms with Gasteiger partial charge in [-0.2, -0.15) is 0 Å². The minimum atomic E-state index is -4.94. The van der Waals surface area contributed by atoms with Crippen LogP contribution in [0.2, 0.25) is 0 Å². The fraction of sp³-hybridized carbons (Fsp3) is 0.937. The molecule has 0 aliphatic rings. The summed E-state index contributed by atoms with van der Waals surface area (Å²) in [5.41, 5.74) is 0. The Kier molecular flexibility index (Phi) is 55.5. The molecule has 0 heterocycles. The lowest BCUT2D eigenvalue weighted by Gasteiger charge is -2.21. The molecule has 0 aromatic carbocycles. The van der Waals surface area contributed by atoms with Crippen molar-refractivity contribution in [1.82, 2.24) is 0 Å². The van der Waals surface area contributed by atoms with Gasteiger partial charge in [-0.1, -0.05) is 266 Å². The maximum absolute atomic E-state index is 13.0. The topological polar surface area (TPSA) is 237 Å². The van der Waals surface area contributed by atoms with Gasteiger partial charge in [0.1, 0.15) is 19.3 Å². The van der Waals surface area contributed by atoms with E-state index in [1.807, 2.05) is 0 Å². The van der Waals surface area contributed by atoms with Crippen molar-refractivity contribution in [2.75, 3.05) is 39.6 Å². The molecule has 486 valence electrons. The van der Waals surface area contributed by atoms with Gasteiger partial charge >= 0.3 is 39.5 Å². The first-order valence-corrected chi connectivity index (χ1v) is 36.1. The van der Waals surface area contributed by atoms with Gasteiger partial charge in [0.25, 0.3) is 0 Å². The Morgan fingerprint density at radius 3 is 0.829 bits per heavy atom. The Labute approximate surface area is 498 Å². The standard InChI is InChI=1S/C63H122O17P2/c1-6-9-12-15-18-21-23-28-32-37-42-47-61(66)74-53-59(80-63(68)49-44-39-34-29-25-22-24-27-30-35-40-45-56(4)5)55-78-82(71,72)76-51-57(64)50-75-81(69,70)77-54-58(52-73-60(65)46-41-36-31-20-17-14-11-8-3)79-62(67)48-43-38-33-26-19-16-13-10-7-2/h56-59,64H,6-55H2,1-5H3,(H,69,70)(H,71,72)/t57-,58+,59+/m0/s1. The number of unbranched alkanes of at least 4 members (excludes halogenated alkanes) is 35. The smallest absolute Gasteiger partial charge is 0.462 e. The maximum Gasteiger partial charge on any atom is 0.472 e. The first-order chi connectivity index (χ1) is 39.5. The van der Waals surface area contributed by atoms with Gasteiger partial charge in [-0.15, -0.1) is 0 Å². The van der Waals surface area contributed by atoms with Gasteiger partial charge in [0.05, 0.1) is 26.4 Å². The van der Waals surface area contributed by atoms with Crippen molar-refractivity contribution in [1.29, 1.82) is 0 Å². The van der Waals surface area contributed by atoms with Crippen LogP contribution in [0.15, 0.2) is 0 Å². The monoisotopic (exact) mass is 1210 g/mol. The van der Waals surface area contributed by atoms with Crippen molar-refractivity contribution in [2.24, 2.45) is 5.92 Å². The molecule has 3 N–H and O–H groups in total. The number of phosphoric ester groups is 2. The molecule has 0 aliphatic carbocycles. The van der Waals surface area contributed by atoms with Crippen molar-refractivity contribution in [3.63, 3.8) is 0 Å². The summed E-state index contributed by atoms with van der Waals surface area (Å²) in [5.74, 6) is -1.37. The van der Waals surface area contributed by atoms with E-state index in [1.54, 1.807) is 0 Å². The highest BCUT2D eigenvalue weighted by Crippen LogP contribution is 2.45. The fourth-order valence-corrected chi connectivity index (χ4v) is 11.0. The second kappa shape index (κ2) is 56.8. The van der Waals surface area contributed by atoms with Crippen LogP contribution >= 0.6 is 15.6 Å². The number of hydrogen-bond donors (Lipinski definition) is 3. The number of phosphoric acid groups is 2. The van der Waals surface area contributed by atoms with Gasteiger partial charge in [0.2, 0.25) is 0 Å². The third kappa shape index (κ3) is 57.2. The highest BCUT2D eigenvalue weighted by atomic mass is 31.2. The molecule has 0 rings (SSSR count). The number of ether oxygens (including phenoxy) is 4. The van der Waals surface area contributed by atoms with Crippen molar-refractivity contribution in [3.05, 3.63) is 0 Å². The van der Waals surface area contributed by atoms with Gasteiger partial charge in [0, 0.05) is 25.7 Å². The molecule has 0 aromatic heterocycles. The fourth-order valence-electron chi connectivity index (χ4n) is 9.41. The Morgan fingerprint density at radius 1 is 0.329 bits per heavy atom. The van der Waals surface area contributed by atoms with Crippen LogP contribution in [-0.4, -0.2) is 96.7 Å². The molecular formula is C63H122O17P2. The van der Waals surface area contributed by atoms with E-state index in [-0.39, 0.29) is 25.7 Å². The van der Waals surface area contributed by atoms with Crippen LogP contribution < -0.4 is 0 Å². The van der Waals surface area contributed by atoms with E-state index in [2.05, 4.69) is 34.6 Å². The van der Waals surface area contributed by atoms with Crippen LogP contribution in [0.1, 0.15) is 317 Å². The zero-order valence-electron chi connectivity index (χ0n) is 52.6. The van der Waals surface area contributed by atoms with E-state index < -0.39 is 97.5 Å². The molecule has 0 saturated heterocycles. The molecule has 82 heavy (non-hydrogen) atoms. The van der Waals surface area contributed by atoms with Crippen LogP contribution in [0.25, 0.3) is 0 Å². The van der Waals surface area contributed by atoms with Gasteiger partial charge < -0.3 is 33.8 Å². The zero-order chi connectivity index (χ0) is 60.6. The normalized spacial score (nSPS) is 14.3. The quantitative estimate of drug-likeness (QED) is 0.0222. The van der Waals surface area contributed by atoms with Crippen LogP contribution in [0.4, 0.5) is 0 Å². The molecule has 5 atom stereocenters. The van der Waals surface area contributed by atoms with Crippen molar-refractivity contribution in [3.8, 4) is 0 Å². The van der Waals surface area contributed by atoms with Gasteiger partial charge in [-0.05, 0) is 31.6 Å². The molecule has 0 amide bonds. The number of rotatable bonds is 63. The molecule has 19 heteroatoms. The summed E-state index contributed by atoms with van der Waals surface area (Å²) >= 11 is 0. The van der Waals surface area contributed by atoms with Crippen LogP contribution in [-0.2, 0) is 65.4 Å². The Bertz CT molecular complexity index is 1600. The second-order valence-corrected chi connectivity index (χ2v) is 26.2. The molecule has 0 spiro atoms. The number of esters is 4. The molecule has 0 aromatic rings. The minimum Gasteiger partial charge on any atom is -0.462 e. The zero-order valence-corrected chi connectivity index (χ0v) is 54.4. The number of carbonyl (C=O) groups is 4. The molecule has 0 aliphatic heterocycles. The first kappa shape index (κ1) is 80.1. The van der Waals surface area contributed by atoms with E-state index in [9.17, 15) is 43.2 Å². The summed E-state index contributed by atoms with van der Waals surface area (Å²) in [5, 5.41) is 10.5. The number of hydrogen-bond acceptors (Lipinski definition) is 15. The predicted molar refractivity (Wildman–Crippen MR) is 326 cm³/mol. The lowest BCUT2D eigenvalue weighted by atomic mass is 10.0. The van der Waals surface area contributed by atoms with Crippen molar-refractivity contribution in [2.45, 2.75) is 335 Å². The molecule has 2 unspecified atom stereocenters. The van der Waals surface area contributed by atoms with Gasteiger partial charge in [-0.25, -0.2) is 9.13 Å². The number of aliphatic hydroxyl groups is 1. The summed E-state index contributed by atoms with van der Waals surface area (Å²) in [6.45, 7) is 7.15. The molecule has 0 fully saturated rings. The summed E-state index contributed by atoms with van der Waals surface area (Å²) in [6, 6.07) is 0. The molecule has 17 nitrogen and oxygen atoms in total. The molecule has 0 radical (unpaired) electrons. The third-order valence-corrected chi connectivity index (χ3v) is 16.4. The lowest BCUT2D eigenvalue weighted by molar-refractivity contribution is -0.161. The number of aliphatic hydroxyl groups excluding tert-OH is 1. The SMILES string of the molecule is CCCCCCCCCCCCCC(=O)OC[C@H](COP(=O)(O)OC[C@@H](O)COP(=O)(O)OC[C@@H](COC(=O)CCCCCCCCCC)OC(=O)CCCCCCCCCCC)OC(=O)CCCCCCCCCCCCCC(C)C. The van der Waals surface area contributed by atoms with E-state index in [4.69, 9.17) is 37.0 Å². The minimum absolute atomic E-state index is 0.106. The third-order valence-electron chi connectivity index (χ3n) is 14.5. The van der Waals surface area contributed by atoms with Crippen molar-refractivity contribution < 1.29 is 80.2 Å². The average molecular weight is 1210 g/mol. The molecular weight excluding hydrogens is 1090 g/mol. The Morgan fingerprint density at radius 2 is 0.561 bits per heavy atom. The van der Waals surface area contributed by atoms with E-state index in [1.165, 1.54) is 135 Å². The molecule has 0 bridgehead atoms. The van der Waals surface area contributed by atoms with Gasteiger partial charge in [-0.3, -0.25) is 37.3 Å². The average Bonchev–Trinajstić information content (AvgIpc) is 3.44. The highest BCUT2D eigenvalue weighted by molar-refractivity contribution is 7.47. The van der Waals surface area contributed by atoms with Gasteiger partial charge in [0.15, 0.2) is 12.2 Å². The first-order valence-electron chi connectivity index (χ1n) is 33.1. The summed E-state index contributed by atoms with van der Waals surface area (Å²) in [7, 11) is -9.88. The lowest BCUT2D eigenvalue weighted by Crippen LogP contribution is -2.30. The summed E-state index contributed by atoms with van der Waals surface area (Å²) < 4.78 is 67.9. The summed E-state index contributed by atoms with van der Waals surface area (Å²) in [6.07, 6.45) is 40.3. The van der Waals surface area contributed by atoms with E-state index >= 15 is 0 Å². The predicted octanol–water partition coefficient (Wildman–Crippen LogP) is 17.4. The second-order valence-electron chi connectivity index (χ2n) is 23.3. The Balaban J connectivity index is 5.21. The summed E-state index contributed by atoms with van der Waals surface area (Å²) in [4.78, 5) is 72.1.